The molecule has 0 atom stereocenters. The van der Waals surface area contributed by atoms with E-state index in [9.17, 15) is 19.5 Å². The fourth-order valence-corrected chi connectivity index (χ4v) is 1.32. The van der Waals surface area contributed by atoms with Gasteiger partial charge in [-0.2, -0.15) is 0 Å². The zero-order valence-corrected chi connectivity index (χ0v) is 8.95. The maximum atomic E-state index is 11.4. The van der Waals surface area contributed by atoms with Gasteiger partial charge in [-0.15, -0.1) is 0 Å². The van der Waals surface area contributed by atoms with E-state index in [1.807, 2.05) is 0 Å². The summed E-state index contributed by atoms with van der Waals surface area (Å²) < 4.78 is 0. The molecular weight excluding hydrogens is 238 g/mol. The van der Waals surface area contributed by atoms with Gasteiger partial charge in [-0.05, 0) is 12.1 Å². The molecule has 7 nitrogen and oxygen atoms in total. The van der Waals surface area contributed by atoms with Crippen LogP contribution in [0, 0.1) is 0 Å². The molecule has 7 heteroatoms. The lowest BCUT2D eigenvalue weighted by atomic mass is 10.2. The van der Waals surface area contributed by atoms with E-state index in [0.717, 1.165) is 0 Å². The molecule has 0 bridgehead atoms. The smallest absolute Gasteiger partial charge is 0.294 e. The van der Waals surface area contributed by atoms with Gasteiger partial charge >= 0.3 is 0 Å². The first-order chi connectivity index (χ1) is 8.63. The Morgan fingerprint density at radius 1 is 1.39 bits per heavy atom. The maximum Gasteiger partial charge on any atom is 0.294 e. The van der Waals surface area contributed by atoms with Gasteiger partial charge in [-0.1, -0.05) is 6.07 Å². The predicted octanol–water partition coefficient (Wildman–Crippen LogP) is -0.0809. The number of Topliss-reactive ketones (excluding diaryl/α,β-unsaturated/α-hetero) is 1. The third-order valence-corrected chi connectivity index (χ3v) is 2.14. The van der Waals surface area contributed by atoms with E-state index < -0.39 is 22.8 Å². The number of carbonyl (C=O) groups is 2. The van der Waals surface area contributed by atoms with Crippen molar-refractivity contribution in [2.75, 3.05) is 0 Å². The number of aromatic hydroxyl groups is 1. The third kappa shape index (κ3) is 2.01. The van der Waals surface area contributed by atoms with Crippen molar-refractivity contribution >= 4 is 12.1 Å². The summed E-state index contributed by atoms with van der Waals surface area (Å²) in [5.74, 6) is -1.95. The van der Waals surface area contributed by atoms with Gasteiger partial charge in [-0.3, -0.25) is 19.4 Å². The lowest BCUT2D eigenvalue weighted by Crippen LogP contribution is -2.16. The molecule has 0 spiro atoms. The second kappa shape index (κ2) is 4.58. The number of aldehydes is 1. The molecule has 2 rings (SSSR count). The monoisotopic (exact) mass is 245 g/mol. The summed E-state index contributed by atoms with van der Waals surface area (Å²) in [6.07, 6.45) is 1.45. The molecule has 0 unspecified atom stereocenters. The van der Waals surface area contributed by atoms with Gasteiger partial charge in [0.2, 0.25) is 11.5 Å². The van der Waals surface area contributed by atoms with Crippen LogP contribution in [0.5, 0.6) is 5.75 Å². The average molecular weight is 245 g/mol. The topological polar surface area (TPSA) is 113 Å². The number of rotatable bonds is 3. The molecule has 0 saturated carbocycles. The van der Waals surface area contributed by atoms with E-state index in [0.29, 0.717) is 5.69 Å². The van der Waals surface area contributed by atoms with Crippen LogP contribution in [0.15, 0.2) is 29.2 Å². The molecule has 90 valence electrons. The fourth-order valence-electron chi connectivity index (χ4n) is 1.32. The quantitative estimate of drug-likeness (QED) is 0.444. The number of carbonyl (C=O) groups excluding carboxylic acids is 2. The standard InChI is InChI=1S/C11H7N3O4/c15-5-7(16)8-9(17)11(18)14-10(13-8)6-3-1-2-4-12-6/h1-5,17H,(H,13,14,18). The van der Waals surface area contributed by atoms with Crippen LogP contribution in [-0.4, -0.2) is 32.1 Å². The van der Waals surface area contributed by atoms with Gasteiger partial charge in [0.25, 0.3) is 5.56 Å². The molecule has 0 aromatic carbocycles. The molecule has 0 amide bonds. The van der Waals surface area contributed by atoms with Crippen molar-refractivity contribution in [3.63, 3.8) is 0 Å². The summed E-state index contributed by atoms with van der Waals surface area (Å²) in [6.45, 7) is 0. The van der Waals surface area contributed by atoms with E-state index in [4.69, 9.17) is 0 Å². The molecule has 0 saturated heterocycles. The molecule has 0 aliphatic carbocycles. The Kier molecular flexibility index (Phi) is 2.96. The molecule has 2 N–H and O–H groups in total. The Hall–Kier alpha value is -2.83. The van der Waals surface area contributed by atoms with E-state index >= 15 is 0 Å². The Labute approximate surface area is 100 Å². The Morgan fingerprint density at radius 2 is 2.17 bits per heavy atom. The number of hydrogen-bond donors (Lipinski definition) is 2. The van der Waals surface area contributed by atoms with Crippen LogP contribution >= 0.6 is 0 Å². The van der Waals surface area contributed by atoms with Gasteiger partial charge in [-0.25, -0.2) is 4.98 Å². The predicted molar refractivity (Wildman–Crippen MR) is 60.1 cm³/mol. The summed E-state index contributed by atoms with van der Waals surface area (Å²) in [6, 6.07) is 4.89. The molecule has 0 aliphatic rings. The molecule has 0 radical (unpaired) electrons. The highest BCUT2D eigenvalue weighted by Gasteiger charge is 2.17. The largest absolute Gasteiger partial charge is 0.501 e. The van der Waals surface area contributed by atoms with Gasteiger partial charge in [0.05, 0.1) is 0 Å². The lowest BCUT2D eigenvalue weighted by molar-refractivity contribution is -0.104. The minimum atomic E-state index is -1.07. The van der Waals surface area contributed by atoms with Crippen LogP contribution in [0.2, 0.25) is 0 Å². The first-order valence-corrected chi connectivity index (χ1v) is 4.87. The van der Waals surface area contributed by atoms with Crippen molar-refractivity contribution in [3.8, 4) is 17.3 Å². The number of hydrogen-bond acceptors (Lipinski definition) is 6. The molecule has 18 heavy (non-hydrogen) atoms. The zero-order valence-electron chi connectivity index (χ0n) is 8.95. The van der Waals surface area contributed by atoms with Crippen LogP contribution in [0.25, 0.3) is 11.5 Å². The molecular formula is C11H7N3O4. The van der Waals surface area contributed by atoms with Gasteiger partial charge in [0.15, 0.2) is 17.8 Å². The summed E-state index contributed by atoms with van der Waals surface area (Å²) in [5.41, 5.74) is -1.18. The average Bonchev–Trinajstić information content (AvgIpc) is 2.41. The number of H-pyrrole nitrogens is 1. The number of aromatic amines is 1. The van der Waals surface area contributed by atoms with Crippen LogP contribution in [-0.2, 0) is 4.79 Å². The van der Waals surface area contributed by atoms with Crippen LogP contribution in [0.3, 0.4) is 0 Å². The zero-order chi connectivity index (χ0) is 13.1. The van der Waals surface area contributed by atoms with Crippen LogP contribution < -0.4 is 5.56 Å². The van der Waals surface area contributed by atoms with Crippen molar-refractivity contribution in [2.45, 2.75) is 0 Å². The number of ketones is 1. The third-order valence-electron chi connectivity index (χ3n) is 2.14. The van der Waals surface area contributed by atoms with Gasteiger partial charge < -0.3 is 10.1 Å². The van der Waals surface area contributed by atoms with E-state index in [1.54, 1.807) is 18.2 Å². The summed E-state index contributed by atoms with van der Waals surface area (Å²) in [5, 5.41) is 9.36. The molecule has 2 aromatic heterocycles. The molecule has 2 aromatic rings. The maximum absolute atomic E-state index is 11.4. The number of nitrogens with zero attached hydrogens (tertiary/aromatic N) is 2. The minimum absolute atomic E-state index is 0.00333. The first-order valence-electron chi connectivity index (χ1n) is 4.87. The van der Waals surface area contributed by atoms with Gasteiger partial charge in [0.1, 0.15) is 5.69 Å². The highest BCUT2D eigenvalue weighted by Crippen LogP contribution is 2.14. The van der Waals surface area contributed by atoms with E-state index in [-0.39, 0.29) is 12.1 Å². The van der Waals surface area contributed by atoms with E-state index in [1.165, 1.54) is 6.20 Å². The van der Waals surface area contributed by atoms with Crippen LogP contribution in [0.1, 0.15) is 10.5 Å². The Morgan fingerprint density at radius 3 is 2.78 bits per heavy atom. The SMILES string of the molecule is O=CC(=O)c1nc(-c2ccccn2)[nH]c(=O)c1O. The van der Waals surface area contributed by atoms with Crippen molar-refractivity contribution in [2.24, 2.45) is 0 Å². The van der Waals surface area contributed by atoms with E-state index in [2.05, 4.69) is 15.0 Å². The van der Waals surface area contributed by atoms with Crippen molar-refractivity contribution in [1.29, 1.82) is 0 Å². The molecule has 0 aliphatic heterocycles. The Bertz CT molecular complexity index is 664. The lowest BCUT2D eigenvalue weighted by Gasteiger charge is -2.02. The second-order valence-electron chi connectivity index (χ2n) is 3.31. The molecule has 0 fully saturated rings. The number of aromatic nitrogens is 3. The summed E-state index contributed by atoms with van der Waals surface area (Å²) >= 11 is 0. The first kappa shape index (κ1) is 11.6. The van der Waals surface area contributed by atoms with Crippen molar-refractivity contribution < 1.29 is 14.7 Å². The minimum Gasteiger partial charge on any atom is -0.501 e. The fraction of sp³-hybridized carbons (Fsp3) is 0. The highest BCUT2D eigenvalue weighted by atomic mass is 16.3. The summed E-state index contributed by atoms with van der Waals surface area (Å²) in [4.78, 5) is 42.9. The normalized spacial score (nSPS) is 10.0. The number of nitrogens with one attached hydrogen (secondary N) is 1. The number of pyridine rings is 1. The highest BCUT2D eigenvalue weighted by molar-refractivity contribution is 6.33. The van der Waals surface area contributed by atoms with Crippen molar-refractivity contribution in [1.82, 2.24) is 15.0 Å². The second-order valence-corrected chi connectivity index (χ2v) is 3.31. The van der Waals surface area contributed by atoms with Crippen LogP contribution in [0.4, 0.5) is 0 Å². The summed E-state index contributed by atoms with van der Waals surface area (Å²) in [7, 11) is 0. The molecule has 2 heterocycles. The van der Waals surface area contributed by atoms with Crippen molar-refractivity contribution in [3.05, 3.63) is 40.4 Å². The Balaban J connectivity index is 2.65. The van der Waals surface area contributed by atoms with Gasteiger partial charge in [0, 0.05) is 6.20 Å².